The van der Waals surface area contributed by atoms with Crippen LogP contribution < -0.4 is 0 Å². The minimum atomic E-state index is 0.826. The second-order valence-corrected chi connectivity index (χ2v) is 13.8. The van der Waals surface area contributed by atoms with E-state index in [1.807, 2.05) is 18.2 Å². The minimum absolute atomic E-state index is 0.826. The molecule has 0 aliphatic rings. The van der Waals surface area contributed by atoms with Gasteiger partial charge in [0.15, 0.2) is 0 Å². The molecule has 0 aliphatic carbocycles. The van der Waals surface area contributed by atoms with Crippen LogP contribution >= 0.6 is 0 Å². The Morgan fingerprint density at radius 1 is 0.259 bits per heavy atom. The highest BCUT2D eigenvalue weighted by Gasteiger charge is 2.20. The van der Waals surface area contributed by atoms with Crippen LogP contribution in [0.2, 0.25) is 0 Å². The third-order valence-corrected chi connectivity index (χ3v) is 10.6. The van der Waals surface area contributed by atoms with Crippen LogP contribution in [0.1, 0.15) is 0 Å². The zero-order valence-corrected chi connectivity index (χ0v) is 29.1. The molecule has 0 radical (unpaired) electrons. The maximum absolute atomic E-state index is 5.59. The van der Waals surface area contributed by atoms with Gasteiger partial charge in [-0.3, -0.25) is 0 Å². The Kier molecular flexibility index (Phi) is 6.82. The van der Waals surface area contributed by atoms with Crippen molar-refractivity contribution >= 4 is 65.2 Å². The molecule has 11 aromatic rings. The molecular weight excluding hydrogens is 657 g/mol. The fourth-order valence-electron chi connectivity index (χ4n) is 7.99. The Morgan fingerprint density at radius 2 is 0.741 bits per heavy atom. The van der Waals surface area contributed by atoms with E-state index < -0.39 is 0 Å². The van der Waals surface area contributed by atoms with Gasteiger partial charge in [0, 0.05) is 43.8 Å². The largest absolute Gasteiger partial charge is 0.248 e. The standard InChI is InChI=1S/C50H30N4/c1-2-12-31(13-3-1)47-29-41(45-26-22-32-14-5-10-20-43(32)51-45)38-24-25-39-42(46-27-23-33-15-6-11-21-44(33)52-46)30-48(54-50(39)49(38)53-47)40-28-34-16-4-7-17-35(34)36-18-8-9-19-37(36)40/h1-30H. The van der Waals surface area contributed by atoms with Gasteiger partial charge in [0.05, 0.1) is 44.8 Å². The summed E-state index contributed by atoms with van der Waals surface area (Å²) in [7, 11) is 0. The topological polar surface area (TPSA) is 51.6 Å². The molecule has 4 heteroatoms. The fourth-order valence-corrected chi connectivity index (χ4v) is 7.99. The van der Waals surface area contributed by atoms with Crippen molar-refractivity contribution in [2.45, 2.75) is 0 Å². The zero-order chi connectivity index (χ0) is 35.6. The van der Waals surface area contributed by atoms with Crippen molar-refractivity contribution in [1.82, 2.24) is 19.9 Å². The van der Waals surface area contributed by atoms with Crippen LogP contribution in [0.25, 0.3) is 110 Å². The van der Waals surface area contributed by atoms with Gasteiger partial charge in [-0.05, 0) is 64.0 Å². The number of para-hydroxylation sites is 2. The lowest BCUT2D eigenvalue weighted by molar-refractivity contribution is 1.34. The van der Waals surface area contributed by atoms with E-state index in [1.165, 1.54) is 16.2 Å². The average Bonchev–Trinajstić information content (AvgIpc) is 3.25. The summed E-state index contributed by atoms with van der Waals surface area (Å²) in [6.45, 7) is 0. The zero-order valence-electron chi connectivity index (χ0n) is 29.1. The highest BCUT2D eigenvalue weighted by atomic mass is 14.8. The van der Waals surface area contributed by atoms with Crippen molar-refractivity contribution < 1.29 is 0 Å². The molecule has 0 fully saturated rings. The first kappa shape index (κ1) is 30.3. The van der Waals surface area contributed by atoms with Crippen LogP contribution in [0.3, 0.4) is 0 Å². The molecule has 0 saturated heterocycles. The Balaban J connectivity index is 1.27. The van der Waals surface area contributed by atoms with E-state index in [1.54, 1.807) is 0 Å². The first-order chi connectivity index (χ1) is 26.7. The van der Waals surface area contributed by atoms with Crippen molar-refractivity contribution in [3.8, 4) is 45.0 Å². The number of aromatic nitrogens is 4. The third kappa shape index (κ3) is 4.92. The number of hydrogen-bond donors (Lipinski definition) is 0. The summed E-state index contributed by atoms with van der Waals surface area (Å²) >= 11 is 0. The molecule has 4 aromatic heterocycles. The highest BCUT2D eigenvalue weighted by molar-refractivity contribution is 6.16. The third-order valence-electron chi connectivity index (χ3n) is 10.6. The minimum Gasteiger partial charge on any atom is -0.248 e. The molecule has 54 heavy (non-hydrogen) atoms. The second-order valence-electron chi connectivity index (χ2n) is 13.8. The van der Waals surface area contributed by atoms with Gasteiger partial charge in [0.25, 0.3) is 0 Å². The highest BCUT2D eigenvalue weighted by Crippen LogP contribution is 2.41. The van der Waals surface area contributed by atoms with Crippen LogP contribution in [0.4, 0.5) is 0 Å². The summed E-state index contributed by atoms with van der Waals surface area (Å²) in [4.78, 5) is 21.4. The Labute approximate surface area is 311 Å². The number of hydrogen-bond acceptors (Lipinski definition) is 4. The van der Waals surface area contributed by atoms with E-state index in [-0.39, 0.29) is 0 Å². The molecule has 7 aromatic carbocycles. The molecule has 4 heterocycles. The van der Waals surface area contributed by atoms with Gasteiger partial charge in [-0.1, -0.05) is 140 Å². The van der Waals surface area contributed by atoms with E-state index in [4.69, 9.17) is 19.9 Å². The van der Waals surface area contributed by atoms with Gasteiger partial charge in [-0.25, -0.2) is 19.9 Å². The van der Waals surface area contributed by atoms with Crippen molar-refractivity contribution in [3.05, 3.63) is 182 Å². The van der Waals surface area contributed by atoms with Gasteiger partial charge in [-0.2, -0.15) is 0 Å². The second kappa shape index (κ2) is 12.1. The first-order valence-electron chi connectivity index (χ1n) is 18.2. The van der Waals surface area contributed by atoms with Gasteiger partial charge in [0.1, 0.15) is 0 Å². The molecule has 0 N–H and O–H groups in total. The molecule has 0 unspecified atom stereocenters. The number of fused-ring (bicyclic) bond motifs is 8. The SMILES string of the molecule is c1ccc(-c2cc(-c3ccc4ccccc4n3)c3ccc4c(-c5ccc6ccccc6n5)cc(-c5cc6ccccc6c6ccccc56)nc4c3n2)cc1. The lowest BCUT2D eigenvalue weighted by atomic mass is 9.93. The van der Waals surface area contributed by atoms with E-state index in [0.29, 0.717) is 0 Å². The van der Waals surface area contributed by atoms with Crippen LogP contribution in [0.15, 0.2) is 182 Å². The molecular formula is C50H30N4. The number of nitrogens with zero attached hydrogens (tertiary/aromatic N) is 4. The predicted molar refractivity (Wildman–Crippen MR) is 224 cm³/mol. The van der Waals surface area contributed by atoms with Crippen LogP contribution in [-0.2, 0) is 0 Å². The summed E-state index contributed by atoms with van der Waals surface area (Å²) in [5.74, 6) is 0. The van der Waals surface area contributed by atoms with Gasteiger partial charge >= 0.3 is 0 Å². The molecule has 0 aliphatic heterocycles. The first-order valence-corrected chi connectivity index (χ1v) is 18.2. The number of rotatable bonds is 4. The Morgan fingerprint density at radius 3 is 1.39 bits per heavy atom. The van der Waals surface area contributed by atoms with Crippen LogP contribution in [0, 0.1) is 0 Å². The summed E-state index contributed by atoms with van der Waals surface area (Å²) in [5, 5.41) is 8.95. The van der Waals surface area contributed by atoms with E-state index in [0.717, 1.165) is 94.0 Å². The van der Waals surface area contributed by atoms with E-state index in [2.05, 4.69) is 164 Å². The molecule has 0 atom stereocenters. The summed E-state index contributed by atoms with van der Waals surface area (Å²) in [5.41, 5.74) is 11.2. The quantitative estimate of drug-likeness (QED) is 0.173. The lowest BCUT2D eigenvalue weighted by Gasteiger charge is -2.16. The van der Waals surface area contributed by atoms with Gasteiger partial charge < -0.3 is 0 Å². The Hall–Kier alpha value is -7.30. The van der Waals surface area contributed by atoms with Crippen molar-refractivity contribution in [2.75, 3.05) is 0 Å². The number of pyridine rings is 4. The van der Waals surface area contributed by atoms with Gasteiger partial charge in [0.2, 0.25) is 0 Å². The summed E-state index contributed by atoms with van der Waals surface area (Å²) < 4.78 is 0. The molecule has 4 nitrogen and oxygen atoms in total. The van der Waals surface area contributed by atoms with Crippen LogP contribution in [-0.4, -0.2) is 19.9 Å². The van der Waals surface area contributed by atoms with Crippen molar-refractivity contribution in [3.63, 3.8) is 0 Å². The molecule has 0 bridgehead atoms. The average molecular weight is 687 g/mol. The van der Waals surface area contributed by atoms with Crippen LogP contribution in [0.5, 0.6) is 0 Å². The molecule has 250 valence electrons. The molecule has 11 rings (SSSR count). The molecule has 0 spiro atoms. The predicted octanol–water partition coefficient (Wildman–Crippen LogP) is 12.9. The summed E-state index contributed by atoms with van der Waals surface area (Å²) in [6, 6.07) is 63.7. The maximum atomic E-state index is 5.59. The smallest absolute Gasteiger partial charge is 0.0979 e. The normalized spacial score (nSPS) is 11.7. The van der Waals surface area contributed by atoms with Crippen molar-refractivity contribution in [1.29, 1.82) is 0 Å². The Bertz CT molecular complexity index is 3280. The monoisotopic (exact) mass is 686 g/mol. The van der Waals surface area contributed by atoms with Gasteiger partial charge in [-0.15, -0.1) is 0 Å². The maximum Gasteiger partial charge on any atom is 0.0979 e. The lowest BCUT2D eigenvalue weighted by Crippen LogP contribution is -1.97. The summed E-state index contributed by atoms with van der Waals surface area (Å²) in [6.07, 6.45) is 0. The number of benzene rings is 7. The molecule has 0 amide bonds. The van der Waals surface area contributed by atoms with E-state index in [9.17, 15) is 0 Å². The van der Waals surface area contributed by atoms with Crippen molar-refractivity contribution in [2.24, 2.45) is 0 Å². The molecule has 0 saturated carbocycles. The van der Waals surface area contributed by atoms with E-state index >= 15 is 0 Å². The fraction of sp³-hybridized carbons (Fsp3) is 0.